The molecule has 1 aliphatic heterocycles. The van der Waals surface area contributed by atoms with Gasteiger partial charge >= 0.3 is 0 Å². The Hall–Kier alpha value is -2.82. The molecule has 5 rings (SSSR count). The molecular formula is C24H25Cl3N8O. The van der Waals surface area contributed by atoms with Gasteiger partial charge in [-0.25, -0.2) is 15.0 Å². The average Bonchev–Trinajstić information content (AvgIpc) is 2.84. The number of nitrogens with two attached hydrogens (primary N) is 1. The number of nitrogen functional groups attached to an aromatic ring is 1. The highest BCUT2D eigenvalue weighted by atomic mass is 35.5. The number of hydrogen-bond donors (Lipinski definition) is 2. The minimum Gasteiger partial charge on any atom is -0.395 e. The van der Waals surface area contributed by atoms with Gasteiger partial charge in [0, 0.05) is 54.4 Å². The van der Waals surface area contributed by atoms with Gasteiger partial charge in [0.1, 0.15) is 22.3 Å². The van der Waals surface area contributed by atoms with Crippen LogP contribution in [-0.4, -0.2) is 74.5 Å². The average molecular weight is 548 g/mol. The summed E-state index contributed by atoms with van der Waals surface area (Å²) in [5.41, 5.74) is 8.45. The van der Waals surface area contributed by atoms with E-state index in [0.717, 1.165) is 49.7 Å². The van der Waals surface area contributed by atoms with Crippen LogP contribution in [0.4, 0.5) is 11.8 Å². The molecule has 0 spiro atoms. The van der Waals surface area contributed by atoms with Crippen LogP contribution in [0.5, 0.6) is 0 Å². The molecule has 12 heteroatoms. The number of hydrogen-bond acceptors (Lipinski definition) is 9. The highest BCUT2D eigenvalue weighted by Gasteiger charge is 2.18. The second-order valence-corrected chi connectivity index (χ2v) is 9.32. The van der Waals surface area contributed by atoms with Gasteiger partial charge in [-0.15, -0.1) is 10.2 Å². The summed E-state index contributed by atoms with van der Waals surface area (Å²) in [6.45, 7) is 6.52. The van der Waals surface area contributed by atoms with Crippen LogP contribution in [-0.2, 0) is 0 Å². The Labute approximate surface area is 223 Å². The van der Waals surface area contributed by atoms with E-state index in [0.29, 0.717) is 32.1 Å². The van der Waals surface area contributed by atoms with Crippen LogP contribution < -0.4 is 10.6 Å². The van der Waals surface area contributed by atoms with Crippen LogP contribution in [0.3, 0.4) is 0 Å². The van der Waals surface area contributed by atoms with E-state index >= 15 is 0 Å². The lowest BCUT2D eigenvalue weighted by Crippen LogP contribution is -2.47. The van der Waals surface area contributed by atoms with Gasteiger partial charge in [-0.2, -0.15) is 0 Å². The zero-order valence-electron chi connectivity index (χ0n) is 19.6. The number of aryl methyl sites for hydroxylation is 1. The van der Waals surface area contributed by atoms with Crippen molar-refractivity contribution in [1.29, 1.82) is 0 Å². The van der Waals surface area contributed by atoms with E-state index in [9.17, 15) is 0 Å². The van der Waals surface area contributed by atoms with Crippen molar-refractivity contribution in [3.63, 3.8) is 0 Å². The lowest BCUT2D eigenvalue weighted by molar-refractivity contribution is 0.188. The van der Waals surface area contributed by atoms with Gasteiger partial charge in [-0.3, -0.25) is 4.90 Å². The molecule has 0 unspecified atom stereocenters. The van der Waals surface area contributed by atoms with Gasteiger partial charge in [0.2, 0.25) is 5.95 Å². The number of nitrogens with zero attached hydrogens (tertiary/aromatic N) is 7. The van der Waals surface area contributed by atoms with Crippen molar-refractivity contribution in [3.05, 3.63) is 63.5 Å². The standard InChI is InChI=1S/C13H8Cl2N4.C11H17ClN4O/c14-8-2-1-3-9(15)12(8)7-4-5-10-11(6-7)18-19-13(16)17-10;1-9-13-10(12)8-11(14-9)16-4-2-15(3-5-16)6-7-17/h1-6H,(H2,16,17,19);8,17H,2-7H2,1H3. The number of benzene rings is 2. The van der Waals surface area contributed by atoms with E-state index in [1.165, 1.54) is 0 Å². The number of fused-ring (bicyclic) bond motifs is 1. The second kappa shape index (κ2) is 11.9. The lowest BCUT2D eigenvalue weighted by Gasteiger charge is -2.35. The van der Waals surface area contributed by atoms with E-state index < -0.39 is 0 Å². The first-order valence-corrected chi connectivity index (χ1v) is 12.4. The molecule has 0 saturated carbocycles. The second-order valence-electron chi connectivity index (χ2n) is 8.12. The summed E-state index contributed by atoms with van der Waals surface area (Å²) in [6.07, 6.45) is 0. The quantitative estimate of drug-likeness (QED) is 0.364. The molecule has 4 aromatic rings. The van der Waals surface area contributed by atoms with E-state index in [1.807, 2.05) is 25.1 Å². The number of aliphatic hydroxyl groups is 1. The predicted molar refractivity (Wildman–Crippen MR) is 145 cm³/mol. The van der Waals surface area contributed by atoms with Crippen LogP contribution >= 0.6 is 34.8 Å². The molecule has 36 heavy (non-hydrogen) atoms. The van der Waals surface area contributed by atoms with E-state index in [-0.39, 0.29) is 12.6 Å². The molecule has 188 valence electrons. The molecule has 0 bridgehead atoms. The Morgan fingerprint density at radius 3 is 2.28 bits per heavy atom. The van der Waals surface area contributed by atoms with E-state index in [4.69, 9.17) is 45.6 Å². The molecule has 0 atom stereocenters. The lowest BCUT2D eigenvalue weighted by atomic mass is 10.0. The Morgan fingerprint density at radius 2 is 1.61 bits per heavy atom. The first kappa shape index (κ1) is 26.2. The molecule has 9 nitrogen and oxygen atoms in total. The molecule has 3 heterocycles. The van der Waals surface area contributed by atoms with E-state index in [2.05, 4.69) is 34.9 Å². The molecule has 2 aromatic carbocycles. The molecule has 3 N–H and O–H groups in total. The first-order chi connectivity index (χ1) is 17.3. The summed E-state index contributed by atoms with van der Waals surface area (Å²) in [7, 11) is 0. The van der Waals surface area contributed by atoms with Crippen molar-refractivity contribution in [2.45, 2.75) is 6.92 Å². The monoisotopic (exact) mass is 546 g/mol. The van der Waals surface area contributed by atoms with E-state index in [1.54, 1.807) is 24.3 Å². The minimum atomic E-state index is 0.149. The van der Waals surface area contributed by atoms with Gasteiger partial charge in [0.15, 0.2) is 0 Å². The van der Waals surface area contributed by atoms with Crippen molar-refractivity contribution < 1.29 is 5.11 Å². The third-order valence-electron chi connectivity index (χ3n) is 5.63. The number of halogens is 3. The number of aromatic nitrogens is 5. The first-order valence-electron chi connectivity index (χ1n) is 11.3. The normalized spacial score (nSPS) is 14.0. The fraction of sp³-hybridized carbons (Fsp3) is 0.292. The number of rotatable bonds is 4. The number of aliphatic hydroxyl groups excluding tert-OH is 1. The summed E-state index contributed by atoms with van der Waals surface area (Å²) in [5.74, 6) is 1.74. The van der Waals surface area contributed by atoms with Crippen LogP contribution in [0.2, 0.25) is 15.2 Å². The molecule has 1 fully saturated rings. The van der Waals surface area contributed by atoms with Crippen LogP contribution in [0, 0.1) is 6.92 Å². The molecule has 0 amide bonds. The topological polar surface area (TPSA) is 117 Å². The molecule has 2 aromatic heterocycles. The number of β-amino-alcohol motifs (C(OH)–C–C–N with tert-alkyl or cyclic N) is 1. The van der Waals surface area contributed by atoms with Crippen molar-refractivity contribution in [2.24, 2.45) is 0 Å². The summed E-state index contributed by atoms with van der Waals surface area (Å²) in [4.78, 5) is 17.0. The summed E-state index contributed by atoms with van der Waals surface area (Å²) in [6, 6.07) is 12.7. The fourth-order valence-electron chi connectivity index (χ4n) is 3.90. The van der Waals surface area contributed by atoms with Crippen LogP contribution in [0.1, 0.15) is 5.82 Å². The van der Waals surface area contributed by atoms with Crippen molar-refractivity contribution in [1.82, 2.24) is 30.0 Å². The smallest absolute Gasteiger partial charge is 0.240 e. The maximum absolute atomic E-state index is 8.88. The van der Waals surface area contributed by atoms with Crippen LogP contribution in [0.25, 0.3) is 22.2 Å². The molecule has 1 aliphatic rings. The highest BCUT2D eigenvalue weighted by molar-refractivity contribution is 6.39. The summed E-state index contributed by atoms with van der Waals surface area (Å²) in [5, 5.41) is 18.3. The third-order valence-corrected chi connectivity index (χ3v) is 6.45. The number of anilines is 2. The Morgan fingerprint density at radius 1 is 0.889 bits per heavy atom. The fourth-order valence-corrected chi connectivity index (χ4v) is 4.73. The molecule has 0 radical (unpaired) electrons. The third kappa shape index (κ3) is 6.48. The Bertz CT molecular complexity index is 1310. The minimum absolute atomic E-state index is 0.149. The Balaban J connectivity index is 0.000000170. The summed E-state index contributed by atoms with van der Waals surface area (Å²) < 4.78 is 0. The maximum atomic E-state index is 8.88. The predicted octanol–water partition coefficient (Wildman–Crippen LogP) is 4.13. The van der Waals surface area contributed by atoms with Crippen molar-refractivity contribution >= 4 is 57.6 Å². The summed E-state index contributed by atoms with van der Waals surface area (Å²) >= 11 is 18.3. The van der Waals surface area contributed by atoms with Gasteiger partial charge in [-0.05, 0) is 36.8 Å². The highest BCUT2D eigenvalue weighted by Crippen LogP contribution is 2.35. The zero-order valence-corrected chi connectivity index (χ0v) is 21.8. The van der Waals surface area contributed by atoms with Gasteiger partial charge in [0.25, 0.3) is 0 Å². The SMILES string of the molecule is Cc1nc(Cl)cc(N2CCN(CCO)CC2)n1.Nc1nnc2cc(-c3c(Cl)cccc3Cl)ccc2n1. The van der Waals surface area contributed by atoms with Gasteiger partial charge in [0.05, 0.1) is 12.1 Å². The largest absolute Gasteiger partial charge is 0.395 e. The zero-order chi connectivity index (χ0) is 25.7. The van der Waals surface area contributed by atoms with Gasteiger partial charge in [-0.1, -0.05) is 46.9 Å². The molecule has 0 aliphatic carbocycles. The molecular weight excluding hydrogens is 523 g/mol. The van der Waals surface area contributed by atoms with Crippen molar-refractivity contribution in [3.8, 4) is 11.1 Å². The van der Waals surface area contributed by atoms with Crippen molar-refractivity contribution in [2.75, 3.05) is 50.0 Å². The maximum Gasteiger partial charge on any atom is 0.240 e. The molecule has 1 saturated heterocycles. The van der Waals surface area contributed by atoms with Crippen LogP contribution in [0.15, 0.2) is 42.5 Å². The Kier molecular flexibility index (Phi) is 8.71. The van der Waals surface area contributed by atoms with Gasteiger partial charge < -0.3 is 15.7 Å². The number of piperazine rings is 1.